The van der Waals surface area contributed by atoms with Crippen LogP contribution in [-0.4, -0.2) is 31.1 Å². The summed E-state index contributed by atoms with van der Waals surface area (Å²) in [6.07, 6.45) is 3.60. The molecule has 0 spiro atoms. The average Bonchev–Trinajstić information content (AvgIpc) is 2.27. The van der Waals surface area contributed by atoms with Gasteiger partial charge in [-0.25, -0.2) is 0 Å². The van der Waals surface area contributed by atoms with Crippen LogP contribution in [0.5, 0.6) is 0 Å². The largest absolute Gasteiger partial charge is 0.466 e. The molecule has 1 saturated carbocycles. The third kappa shape index (κ3) is 4.18. The highest BCUT2D eigenvalue weighted by Crippen LogP contribution is 2.25. The summed E-state index contributed by atoms with van der Waals surface area (Å²) in [7, 11) is 0. The van der Waals surface area contributed by atoms with Gasteiger partial charge >= 0.3 is 5.97 Å². The molecule has 3 N–H and O–H groups in total. The van der Waals surface area contributed by atoms with Crippen LogP contribution in [-0.2, 0) is 14.3 Å². The third-order valence-electron chi connectivity index (χ3n) is 2.86. The van der Waals surface area contributed by atoms with E-state index in [4.69, 9.17) is 10.5 Å². The number of hydrogen-bond acceptors (Lipinski definition) is 4. The van der Waals surface area contributed by atoms with E-state index in [-0.39, 0.29) is 30.4 Å². The predicted octanol–water partition coefficient (Wildman–Crippen LogP) is 0.183. The molecule has 1 aliphatic rings. The Hall–Kier alpha value is -1.10. The summed E-state index contributed by atoms with van der Waals surface area (Å²) in [5.74, 6) is -0.509. The first-order valence-electron chi connectivity index (χ1n) is 5.81. The van der Waals surface area contributed by atoms with Gasteiger partial charge in [0.05, 0.1) is 19.1 Å². The average molecular weight is 228 g/mol. The summed E-state index contributed by atoms with van der Waals surface area (Å²) in [6, 6.07) is 0.204. The van der Waals surface area contributed by atoms with Gasteiger partial charge in [0, 0.05) is 6.04 Å². The topological polar surface area (TPSA) is 81.4 Å². The molecule has 0 heterocycles. The molecule has 1 amide bonds. The molecule has 0 bridgehead atoms. The summed E-state index contributed by atoms with van der Waals surface area (Å²) in [4.78, 5) is 22.2. The Labute approximate surface area is 95.7 Å². The van der Waals surface area contributed by atoms with Gasteiger partial charge in [-0.15, -0.1) is 0 Å². The van der Waals surface area contributed by atoms with E-state index in [1.54, 1.807) is 0 Å². The minimum atomic E-state index is -0.363. The van der Waals surface area contributed by atoms with E-state index in [0.29, 0.717) is 6.61 Å². The molecule has 0 aromatic carbocycles. The Morgan fingerprint density at radius 2 is 2.19 bits per heavy atom. The highest BCUT2D eigenvalue weighted by atomic mass is 16.5. The molecule has 2 unspecified atom stereocenters. The van der Waals surface area contributed by atoms with Crippen LogP contribution < -0.4 is 11.1 Å². The van der Waals surface area contributed by atoms with Crippen molar-refractivity contribution in [2.75, 3.05) is 13.2 Å². The third-order valence-corrected chi connectivity index (χ3v) is 2.86. The Bertz CT molecular complexity index is 256. The Morgan fingerprint density at radius 1 is 1.44 bits per heavy atom. The lowest BCUT2D eigenvalue weighted by molar-refractivity contribution is -0.149. The smallest absolute Gasteiger partial charge is 0.308 e. The molecule has 0 aliphatic heterocycles. The van der Waals surface area contributed by atoms with Gasteiger partial charge in [-0.2, -0.15) is 0 Å². The van der Waals surface area contributed by atoms with E-state index in [1.165, 1.54) is 0 Å². The van der Waals surface area contributed by atoms with Crippen molar-refractivity contribution in [1.29, 1.82) is 0 Å². The van der Waals surface area contributed by atoms with Crippen LogP contribution in [0.2, 0.25) is 0 Å². The van der Waals surface area contributed by atoms with E-state index in [2.05, 4.69) is 5.32 Å². The van der Waals surface area contributed by atoms with E-state index >= 15 is 0 Å². The Morgan fingerprint density at radius 3 is 2.81 bits per heavy atom. The lowest BCUT2D eigenvalue weighted by Crippen LogP contribution is -2.41. The number of rotatable bonds is 5. The summed E-state index contributed by atoms with van der Waals surface area (Å²) in [6.45, 7) is 2.42. The number of nitrogens with two attached hydrogens (primary N) is 1. The van der Waals surface area contributed by atoms with Gasteiger partial charge in [0.15, 0.2) is 0 Å². The number of carbonyl (C=O) groups is 2. The van der Waals surface area contributed by atoms with E-state index in [0.717, 1.165) is 25.7 Å². The van der Waals surface area contributed by atoms with Crippen molar-refractivity contribution in [2.24, 2.45) is 11.7 Å². The van der Waals surface area contributed by atoms with Gasteiger partial charge < -0.3 is 15.8 Å². The van der Waals surface area contributed by atoms with Crippen LogP contribution in [0.25, 0.3) is 0 Å². The molecule has 16 heavy (non-hydrogen) atoms. The normalized spacial score (nSPS) is 25.1. The molecule has 0 aromatic heterocycles. The van der Waals surface area contributed by atoms with Crippen LogP contribution in [0.15, 0.2) is 0 Å². The fourth-order valence-electron chi connectivity index (χ4n) is 2.09. The minimum Gasteiger partial charge on any atom is -0.466 e. The number of carbonyl (C=O) groups excluding carboxylic acids is 2. The Balaban J connectivity index is 2.34. The molecule has 1 aliphatic carbocycles. The first-order chi connectivity index (χ1) is 7.63. The highest BCUT2D eigenvalue weighted by molar-refractivity contribution is 5.76. The number of primary amides is 1. The zero-order valence-electron chi connectivity index (χ0n) is 9.70. The SMILES string of the molecule is CCOC(=O)C1CCCC(NCC(N)=O)C1. The quantitative estimate of drug-likeness (QED) is 0.658. The van der Waals surface area contributed by atoms with Gasteiger partial charge in [-0.1, -0.05) is 6.42 Å². The van der Waals surface area contributed by atoms with Crippen molar-refractivity contribution >= 4 is 11.9 Å². The second-order valence-electron chi connectivity index (χ2n) is 4.16. The number of amides is 1. The van der Waals surface area contributed by atoms with E-state index in [1.807, 2.05) is 6.92 Å². The summed E-state index contributed by atoms with van der Waals surface area (Å²) in [5.41, 5.74) is 5.06. The van der Waals surface area contributed by atoms with Crippen molar-refractivity contribution in [2.45, 2.75) is 38.6 Å². The maximum Gasteiger partial charge on any atom is 0.308 e. The molecule has 92 valence electrons. The second kappa shape index (κ2) is 6.48. The van der Waals surface area contributed by atoms with Crippen LogP contribution in [0.3, 0.4) is 0 Å². The van der Waals surface area contributed by atoms with Gasteiger partial charge in [-0.3, -0.25) is 9.59 Å². The Kier molecular flexibility index (Phi) is 5.25. The molecule has 1 rings (SSSR count). The van der Waals surface area contributed by atoms with Crippen LogP contribution in [0.4, 0.5) is 0 Å². The molecule has 5 nitrogen and oxygen atoms in total. The fourth-order valence-corrected chi connectivity index (χ4v) is 2.09. The maximum atomic E-state index is 11.5. The molecule has 0 aromatic rings. The zero-order chi connectivity index (χ0) is 12.0. The van der Waals surface area contributed by atoms with Gasteiger partial charge in [0.1, 0.15) is 0 Å². The molecule has 0 saturated heterocycles. The first kappa shape index (κ1) is 13.0. The fraction of sp³-hybridized carbons (Fsp3) is 0.818. The minimum absolute atomic E-state index is 0.0286. The number of esters is 1. The summed E-state index contributed by atoms with van der Waals surface area (Å²) < 4.78 is 5.00. The monoisotopic (exact) mass is 228 g/mol. The van der Waals surface area contributed by atoms with Crippen LogP contribution in [0, 0.1) is 5.92 Å². The first-order valence-corrected chi connectivity index (χ1v) is 5.81. The van der Waals surface area contributed by atoms with Gasteiger partial charge in [0.2, 0.25) is 5.91 Å². The zero-order valence-corrected chi connectivity index (χ0v) is 9.70. The molecule has 1 fully saturated rings. The number of nitrogens with one attached hydrogen (secondary N) is 1. The van der Waals surface area contributed by atoms with Gasteiger partial charge in [-0.05, 0) is 26.2 Å². The predicted molar refractivity (Wildman–Crippen MR) is 59.6 cm³/mol. The van der Waals surface area contributed by atoms with Crippen molar-refractivity contribution in [3.05, 3.63) is 0 Å². The highest BCUT2D eigenvalue weighted by Gasteiger charge is 2.27. The van der Waals surface area contributed by atoms with Crippen molar-refractivity contribution in [3.8, 4) is 0 Å². The summed E-state index contributed by atoms with van der Waals surface area (Å²) >= 11 is 0. The van der Waals surface area contributed by atoms with Crippen LogP contribution >= 0.6 is 0 Å². The molecule has 5 heteroatoms. The molecular weight excluding hydrogens is 208 g/mol. The van der Waals surface area contributed by atoms with Crippen LogP contribution in [0.1, 0.15) is 32.6 Å². The molecule has 2 atom stereocenters. The standard InChI is InChI=1S/C11H20N2O3/c1-2-16-11(15)8-4-3-5-9(6-8)13-7-10(12)14/h8-9,13H,2-7H2,1H3,(H2,12,14). The van der Waals surface area contributed by atoms with Gasteiger partial charge in [0.25, 0.3) is 0 Å². The maximum absolute atomic E-state index is 11.5. The van der Waals surface area contributed by atoms with Crippen molar-refractivity contribution in [1.82, 2.24) is 5.32 Å². The lowest BCUT2D eigenvalue weighted by Gasteiger charge is -2.28. The number of ether oxygens (including phenoxy) is 1. The van der Waals surface area contributed by atoms with E-state index < -0.39 is 0 Å². The van der Waals surface area contributed by atoms with E-state index in [9.17, 15) is 9.59 Å². The molecule has 0 radical (unpaired) electrons. The second-order valence-corrected chi connectivity index (χ2v) is 4.16. The number of hydrogen-bond donors (Lipinski definition) is 2. The lowest BCUT2D eigenvalue weighted by atomic mass is 9.86. The van der Waals surface area contributed by atoms with Crippen molar-refractivity contribution < 1.29 is 14.3 Å². The summed E-state index contributed by atoms with van der Waals surface area (Å²) in [5, 5.41) is 3.07. The van der Waals surface area contributed by atoms with Crippen molar-refractivity contribution in [3.63, 3.8) is 0 Å². The molecular formula is C11H20N2O3.